The minimum atomic E-state index is 0.506. The number of nitrogens with zero attached hydrogens (tertiary/aromatic N) is 4. The van der Waals surface area contributed by atoms with Gasteiger partial charge in [-0.05, 0) is 79.1 Å². The molecule has 3 rings (SSSR count). The molecule has 0 unspecified atom stereocenters. The molecule has 29 heavy (non-hydrogen) atoms. The Kier molecular flexibility index (Phi) is 7.20. The highest BCUT2D eigenvalue weighted by Gasteiger charge is 2.27. The van der Waals surface area contributed by atoms with Crippen molar-refractivity contribution in [2.24, 2.45) is 0 Å². The summed E-state index contributed by atoms with van der Waals surface area (Å²) >= 11 is 3.80. The van der Waals surface area contributed by atoms with Gasteiger partial charge in [0, 0.05) is 34.9 Å². The van der Waals surface area contributed by atoms with E-state index in [4.69, 9.17) is 9.97 Å². The third-order valence-electron chi connectivity index (χ3n) is 6.15. The van der Waals surface area contributed by atoms with Crippen molar-refractivity contribution in [3.05, 3.63) is 39.5 Å². The summed E-state index contributed by atoms with van der Waals surface area (Å²) in [5.74, 6) is 2.46. The van der Waals surface area contributed by atoms with Crippen molar-refractivity contribution >= 4 is 33.4 Å². The largest absolute Gasteiger partial charge is 0.353 e. The topological polar surface area (TPSA) is 32.3 Å². The molecule has 0 fully saturated rings. The molecule has 158 valence electrons. The maximum Gasteiger partial charge on any atom is 0.232 e. The molecule has 1 aliphatic heterocycles. The highest BCUT2D eigenvalue weighted by molar-refractivity contribution is 9.10. The Morgan fingerprint density at radius 1 is 1.14 bits per heavy atom. The van der Waals surface area contributed by atoms with Gasteiger partial charge in [-0.2, -0.15) is 4.98 Å². The SMILES string of the molecule is CCC(CC)N1CCCc2c(C)nc(N(CC)c3ccc(C(C)C)cc3Br)nc21. The molecule has 0 radical (unpaired) electrons. The molecule has 2 heterocycles. The third-order valence-corrected chi connectivity index (χ3v) is 6.78. The van der Waals surface area contributed by atoms with Crippen LogP contribution in [0.1, 0.15) is 76.6 Å². The summed E-state index contributed by atoms with van der Waals surface area (Å²) in [6, 6.07) is 7.18. The third kappa shape index (κ3) is 4.45. The lowest BCUT2D eigenvalue weighted by molar-refractivity contribution is 0.524. The number of aryl methyl sites for hydroxylation is 1. The van der Waals surface area contributed by atoms with Gasteiger partial charge in [-0.3, -0.25) is 0 Å². The molecule has 2 aromatic rings. The molecule has 0 amide bonds. The number of rotatable bonds is 7. The number of hydrogen-bond donors (Lipinski definition) is 0. The molecule has 1 aromatic carbocycles. The molecule has 5 heteroatoms. The zero-order valence-corrected chi connectivity index (χ0v) is 20.4. The fraction of sp³-hybridized carbons (Fsp3) is 0.583. The Morgan fingerprint density at radius 3 is 2.45 bits per heavy atom. The Labute approximate surface area is 184 Å². The molecule has 1 aromatic heterocycles. The predicted molar refractivity (Wildman–Crippen MR) is 128 cm³/mol. The van der Waals surface area contributed by atoms with Gasteiger partial charge in [-0.15, -0.1) is 0 Å². The summed E-state index contributed by atoms with van der Waals surface area (Å²) in [4.78, 5) is 14.8. The summed E-state index contributed by atoms with van der Waals surface area (Å²) in [5, 5.41) is 0. The van der Waals surface area contributed by atoms with E-state index in [1.807, 2.05) is 0 Å². The quantitative estimate of drug-likeness (QED) is 0.457. The number of hydrogen-bond acceptors (Lipinski definition) is 4. The highest BCUT2D eigenvalue weighted by atomic mass is 79.9. The average Bonchev–Trinajstić information content (AvgIpc) is 2.71. The van der Waals surface area contributed by atoms with Crippen LogP contribution in [0.4, 0.5) is 17.5 Å². The maximum atomic E-state index is 5.14. The lowest BCUT2D eigenvalue weighted by atomic mass is 10.0. The highest BCUT2D eigenvalue weighted by Crippen LogP contribution is 2.36. The van der Waals surface area contributed by atoms with Gasteiger partial charge in [-0.1, -0.05) is 33.8 Å². The van der Waals surface area contributed by atoms with E-state index in [2.05, 4.69) is 85.5 Å². The molecule has 0 bridgehead atoms. The van der Waals surface area contributed by atoms with Gasteiger partial charge >= 0.3 is 0 Å². The number of anilines is 3. The van der Waals surface area contributed by atoms with Crippen molar-refractivity contribution in [2.75, 3.05) is 22.9 Å². The summed E-state index contributed by atoms with van der Waals surface area (Å²) in [6.45, 7) is 15.2. The van der Waals surface area contributed by atoms with E-state index in [0.29, 0.717) is 12.0 Å². The second-order valence-corrected chi connectivity index (χ2v) is 9.14. The van der Waals surface area contributed by atoms with E-state index < -0.39 is 0 Å². The first-order valence-electron chi connectivity index (χ1n) is 11.1. The normalized spacial score (nSPS) is 13.9. The zero-order valence-electron chi connectivity index (χ0n) is 18.8. The molecule has 0 N–H and O–H groups in total. The molecule has 0 atom stereocenters. The Hall–Kier alpha value is -1.62. The van der Waals surface area contributed by atoms with Crippen molar-refractivity contribution in [3.8, 4) is 0 Å². The second kappa shape index (κ2) is 9.46. The number of benzene rings is 1. The van der Waals surface area contributed by atoms with Gasteiger partial charge in [0.05, 0.1) is 5.69 Å². The fourth-order valence-electron chi connectivity index (χ4n) is 4.36. The standard InChI is InChI=1S/C24H35BrN4/c1-7-19(8-2)29-14-10-11-20-17(6)26-24(27-23(20)29)28(9-3)22-13-12-18(16(4)5)15-21(22)25/h12-13,15-16,19H,7-11,14H2,1-6H3. The Bertz CT molecular complexity index is 845. The van der Waals surface area contributed by atoms with Crippen LogP contribution in [0.15, 0.2) is 22.7 Å². The maximum absolute atomic E-state index is 5.14. The van der Waals surface area contributed by atoms with Gasteiger partial charge < -0.3 is 9.80 Å². The van der Waals surface area contributed by atoms with Crippen LogP contribution < -0.4 is 9.80 Å². The van der Waals surface area contributed by atoms with E-state index in [-0.39, 0.29) is 0 Å². The first kappa shape index (κ1) is 22.1. The van der Waals surface area contributed by atoms with E-state index in [1.165, 1.54) is 17.5 Å². The first-order valence-corrected chi connectivity index (χ1v) is 11.9. The van der Waals surface area contributed by atoms with Crippen molar-refractivity contribution in [1.82, 2.24) is 9.97 Å². The van der Waals surface area contributed by atoms with Crippen molar-refractivity contribution in [3.63, 3.8) is 0 Å². The molecule has 1 aliphatic rings. The predicted octanol–water partition coefficient (Wildman–Crippen LogP) is 6.77. The van der Waals surface area contributed by atoms with Gasteiger partial charge in [0.15, 0.2) is 0 Å². The van der Waals surface area contributed by atoms with Crippen LogP contribution in [0.3, 0.4) is 0 Å². The van der Waals surface area contributed by atoms with E-state index in [9.17, 15) is 0 Å². The second-order valence-electron chi connectivity index (χ2n) is 8.29. The van der Waals surface area contributed by atoms with E-state index in [1.54, 1.807) is 0 Å². The van der Waals surface area contributed by atoms with Gasteiger partial charge in [0.25, 0.3) is 0 Å². The summed E-state index contributed by atoms with van der Waals surface area (Å²) in [7, 11) is 0. The average molecular weight is 459 g/mol. The summed E-state index contributed by atoms with van der Waals surface area (Å²) < 4.78 is 1.10. The zero-order chi connectivity index (χ0) is 21.1. The minimum absolute atomic E-state index is 0.506. The van der Waals surface area contributed by atoms with Crippen LogP contribution in [-0.4, -0.2) is 29.1 Å². The van der Waals surface area contributed by atoms with Crippen LogP contribution in [0.2, 0.25) is 0 Å². The van der Waals surface area contributed by atoms with Crippen LogP contribution in [0.5, 0.6) is 0 Å². The van der Waals surface area contributed by atoms with Crippen molar-refractivity contribution < 1.29 is 0 Å². The smallest absolute Gasteiger partial charge is 0.232 e. The monoisotopic (exact) mass is 458 g/mol. The lowest BCUT2D eigenvalue weighted by Gasteiger charge is -2.37. The molecule has 0 saturated carbocycles. The number of aromatic nitrogens is 2. The van der Waals surface area contributed by atoms with Crippen LogP contribution in [0.25, 0.3) is 0 Å². The first-order chi connectivity index (χ1) is 13.9. The molecule has 0 spiro atoms. The number of halogens is 1. The van der Waals surface area contributed by atoms with Crippen molar-refractivity contribution in [2.45, 2.75) is 79.2 Å². The molecular formula is C24H35BrN4. The van der Waals surface area contributed by atoms with Crippen LogP contribution in [-0.2, 0) is 6.42 Å². The van der Waals surface area contributed by atoms with Gasteiger partial charge in [0.1, 0.15) is 5.82 Å². The molecular weight excluding hydrogens is 424 g/mol. The molecule has 0 aliphatic carbocycles. The van der Waals surface area contributed by atoms with Gasteiger partial charge in [-0.25, -0.2) is 4.98 Å². The van der Waals surface area contributed by atoms with Crippen LogP contribution in [0, 0.1) is 6.92 Å². The molecule has 0 saturated heterocycles. The fourth-order valence-corrected chi connectivity index (χ4v) is 4.97. The lowest BCUT2D eigenvalue weighted by Crippen LogP contribution is -2.40. The van der Waals surface area contributed by atoms with Gasteiger partial charge in [0.2, 0.25) is 5.95 Å². The Morgan fingerprint density at radius 2 is 1.86 bits per heavy atom. The Balaban J connectivity index is 2.06. The van der Waals surface area contributed by atoms with Crippen molar-refractivity contribution in [1.29, 1.82) is 0 Å². The molecule has 4 nitrogen and oxygen atoms in total. The van der Waals surface area contributed by atoms with E-state index >= 15 is 0 Å². The van der Waals surface area contributed by atoms with E-state index in [0.717, 1.165) is 60.0 Å². The summed E-state index contributed by atoms with van der Waals surface area (Å²) in [5.41, 5.74) is 4.91. The van der Waals surface area contributed by atoms with Crippen LogP contribution >= 0.6 is 15.9 Å². The number of fused-ring (bicyclic) bond motifs is 1. The summed E-state index contributed by atoms with van der Waals surface area (Å²) in [6.07, 6.45) is 4.56. The minimum Gasteiger partial charge on any atom is -0.353 e.